The first kappa shape index (κ1) is 40.6. The Balaban J connectivity index is 1.82. The van der Waals surface area contributed by atoms with E-state index in [4.69, 9.17) is 18.9 Å². The van der Waals surface area contributed by atoms with Gasteiger partial charge >= 0.3 is 17.9 Å². The summed E-state index contributed by atoms with van der Waals surface area (Å²) in [5, 5.41) is 0. The van der Waals surface area contributed by atoms with Gasteiger partial charge in [-0.2, -0.15) is 0 Å². The van der Waals surface area contributed by atoms with Crippen LogP contribution >= 0.6 is 181 Å². The summed E-state index contributed by atoms with van der Waals surface area (Å²) < 4.78 is 62.3. The van der Waals surface area contributed by atoms with Crippen LogP contribution in [-0.2, 0) is 10.1 Å². The van der Waals surface area contributed by atoms with E-state index in [1.54, 1.807) is 57.3 Å². The third-order valence-electron chi connectivity index (χ3n) is 5.72. The lowest BCUT2D eigenvalue weighted by Crippen LogP contribution is -2.16. The van der Waals surface area contributed by atoms with Crippen LogP contribution in [0.2, 0.25) is 0 Å². The van der Waals surface area contributed by atoms with Crippen LogP contribution in [0.5, 0.6) is 23.0 Å². The lowest BCUT2D eigenvalue weighted by Gasteiger charge is -2.17. The van der Waals surface area contributed by atoms with Gasteiger partial charge in [-0.1, -0.05) is 0 Å². The molecule has 0 fully saturated rings. The molecule has 246 valence electrons. The quantitative estimate of drug-likeness (QED) is 0.0551. The molecule has 0 N–H and O–H groups in total. The van der Waals surface area contributed by atoms with Crippen molar-refractivity contribution in [3.8, 4) is 23.0 Å². The number of halogens is 8. The second kappa shape index (κ2) is 17.1. The van der Waals surface area contributed by atoms with Crippen molar-refractivity contribution in [3.63, 3.8) is 0 Å². The Morgan fingerprint density at radius 3 is 1.40 bits per heavy atom. The van der Waals surface area contributed by atoms with Gasteiger partial charge in [0.15, 0.2) is 11.5 Å². The fourth-order valence-electron chi connectivity index (χ4n) is 3.77. The molecule has 0 saturated carbocycles. The number of hydrogen-bond donors (Lipinski definition) is 0. The number of ether oxygens (including phenoxy) is 4. The molecule has 0 aliphatic heterocycles. The Bertz CT molecular complexity index is 1970. The fourth-order valence-corrected chi connectivity index (χ4v) is 12.4. The Morgan fingerprint density at radius 2 is 1.02 bits per heavy atom. The van der Waals surface area contributed by atoms with Gasteiger partial charge in [-0.15, -0.1) is 0 Å². The zero-order valence-corrected chi connectivity index (χ0v) is 40.7. The Hall–Kier alpha value is 0.840. The van der Waals surface area contributed by atoms with Gasteiger partial charge in [0.05, 0.1) is 28.7 Å². The minimum absolute atomic E-state index is 0.0507. The summed E-state index contributed by atoms with van der Waals surface area (Å²) in [7, 11) is -3.50. The van der Waals surface area contributed by atoms with Gasteiger partial charge < -0.3 is 23.5 Å². The molecule has 4 aromatic rings. The summed E-state index contributed by atoms with van der Waals surface area (Å²) in [4.78, 5) is 39.9. The molecule has 0 unspecified atom stereocenters. The number of benzene rings is 4. The van der Waals surface area contributed by atoms with E-state index < -0.39 is 32.9 Å². The number of esters is 3. The number of carbonyl (C=O) groups is 3. The van der Waals surface area contributed by atoms with E-state index in [2.05, 4.69) is 90.4 Å². The van der Waals surface area contributed by atoms with Crippen LogP contribution in [0.4, 0.5) is 0 Å². The van der Waals surface area contributed by atoms with E-state index >= 15 is 0 Å². The van der Waals surface area contributed by atoms with E-state index in [9.17, 15) is 27.4 Å². The van der Waals surface area contributed by atoms with Crippen molar-refractivity contribution in [2.45, 2.75) is 4.90 Å². The van der Waals surface area contributed by atoms with Gasteiger partial charge in [0.2, 0.25) is 5.75 Å². The van der Waals surface area contributed by atoms with Crippen molar-refractivity contribution in [3.05, 3.63) is 93.8 Å². The predicted molar refractivity (Wildman–Crippen MR) is 237 cm³/mol. The molecule has 0 aliphatic rings. The minimum atomic E-state index is -4.79. The molecule has 0 aliphatic carbocycles. The van der Waals surface area contributed by atoms with Crippen LogP contribution < -0.4 is 18.9 Å². The second-order valence-electron chi connectivity index (χ2n) is 8.84. The average Bonchev–Trinajstić information content (AvgIpc) is 2.95. The maximum atomic E-state index is 13.5. The highest BCUT2D eigenvalue weighted by molar-refractivity contribution is 14.1. The number of hydrogen-bond acceptors (Lipinski definition) is 10. The maximum Gasteiger partial charge on any atom is 0.344 e. The first-order valence-electron chi connectivity index (χ1n) is 12.0. The summed E-state index contributed by atoms with van der Waals surface area (Å²) in [5.41, 5.74) is 0.327. The zero-order valence-electron chi connectivity index (χ0n) is 22.6. The highest BCUT2D eigenvalue weighted by Crippen LogP contribution is 2.41. The topological polar surface area (TPSA) is 145 Å². The van der Waals surface area contributed by atoms with Crippen LogP contribution in [0.25, 0.3) is 0 Å². The van der Waals surface area contributed by atoms with Gasteiger partial charge in [0.25, 0.3) is 0 Å². The second-order valence-corrected chi connectivity index (χ2v) is 19.5. The zero-order chi connectivity index (χ0) is 35.0. The van der Waals surface area contributed by atoms with Crippen molar-refractivity contribution in [1.29, 1.82) is 0 Å². The van der Waals surface area contributed by atoms with Crippen molar-refractivity contribution < 1.29 is 46.3 Å². The van der Waals surface area contributed by atoms with Crippen molar-refractivity contribution in [1.82, 2.24) is 0 Å². The summed E-state index contributed by atoms with van der Waals surface area (Å²) in [5.74, 6) is -3.15. The third kappa shape index (κ3) is 10.0. The Kier molecular flexibility index (Phi) is 14.8. The lowest BCUT2D eigenvalue weighted by atomic mass is 10.1. The molecule has 0 saturated heterocycles. The standard InChI is InChI=1S/C28H12I8O10S/c1-43-24-20(45-27(38)14-4-11(29)6-16(31)22(14)35)2-10(3-21(24)46-28(39)15-5-12(30)7-17(32)23(15)36)26(37)44-13-8-18(33)25(19(34)9-13)47(40,41)42/h2-9H,1H3,(H,40,41,42)/p-1. The summed E-state index contributed by atoms with van der Waals surface area (Å²) in [6.45, 7) is 0. The van der Waals surface area contributed by atoms with E-state index in [-0.39, 0.29) is 46.8 Å². The molecule has 47 heavy (non-hydrogen) atoms. The van der Waals surface area contributed by atoms with E-state index in [0.717, 1.165) is 14.3 Å². The maximum absolute atomic E-state index is 13.5. The van der Waals surface area contributed by atoms with E-state index in [1.165, 1.54) is 31.4 Å². The lowest BCUT2D eigenvalue weighted by molar-refractivity contribution is 0.0697. The highest BCUT2D eigenvalue weighted by Gasteiger charge is 2.26. The fraction of sp³-hybridized carbons (Fsp3) is 0.0357. The number of methoxy groups -OCH3 is 1. The highest BCUT2D eigenvalue weighted by atomic mass is 127. The van der Waals surface area contributed by atoms with E-state index in [1.807, 2.05) is 57.3 Å². The third-order valence-corrected chi connectivity index (χ3v) is 16.4. The van der Waals surface area contributed by atoms with Gasteiger partial charge in [0.1, 0.15) is 15.9 Å². The van der Waals surface area contributed by atoms with Gasteiger partial charge in [-0.25, -0.2) is 22.8 Å². The summed E-state index contributed by atoms with van der Waals surface area (Å²) >= 11 is 15.7. The molecule has 4 rings (SSSR count). The molecule has 10 nitrogen and oxygen atoms in total. The first-order valence-corrected chi connectivity index (χ1v) is 22.1. The molecular weight excluding hydrogens is 1540 g/mol. The first-order chi connectivity index (χ1) is 21.9. The molecule has 0 atom stereocenters. The van der Waals surface area contributed by atoms with Crippen LogP contribution in [0.15, 0.2) is 53.4 Å². The van der Waals surface area contributed by atoms with Gasteiger partial charge in [0, 0.05) is 28.6 Å². The normalized spacial score (nSPS) is 11.2. The van der Waals surface area contributed by atoms with Crippen molar-refractivity contribution >= 4 is 209 Å². The van der Waals surface area contributed by atoms with Gasteiger partial charge in [-0.3, -0.25) is 0 Å². The average molecular weight is 1550 g/mol. The minimum Gasteiger partial charge on any atom is -0.744 e. The molecule has 0 amide bonds. The predicted octanol–water partition coefficient (Wildman–Crippen LogP) is 9.09. The van der Waals surface area contributed by atoms with Crippen LogP contribution in [-0.4, -0.2) is 38.0 Å². The Morgan fingerprint density at radius 1 is 0.596 bits per heavy atom. The SMILES string of the molecule is COc1c(OC(=O)c2cc(I)cc(I)c2I)cc(C(=O)Oc2cc(I)c(S(=O)(=O)[O-])c(I)c2)cc1OC(=O)c1cc(I)cc(I)c1I. The molecule has 4 aromatic carbocycles. The largest absolute Gasteiger partial charge is 0.744 e. The summed E-state index contributed by atoms with van der Waals surface area (Å²) in [6, 6.07) is 11.9. The van der Waals surface area contributed by atoms with Crippen molar-refractivity contribution in [2.24, 2.45) is 0 Å². The monoisotopic (exact) mass is 1550 g/mol. The smallest absolute Gasteiger partial charge is 0.344 e. The van der Waals surface area contributed by atoms with E-state index in [0.29, 0.717) is 7.14 Å². The molecule has 0 radical (unpaired) electrons. The molecule has 19 heteroatoms. The number of rotatable bonds is 8. The molecular formula is C28H11I8O10S-. The molecule has 0 bridgehead atoms. The van der Waals surface area contributed by atoms with Crippen LogP contribution in [0.1, 0.15) is 31.1 Å². The molecule has 0 heterocycles. The van der Waals surface area contributed by atoms with Crippen LogP contribution in [0.3, 0.4) is 0 Å². The molecule has 0 spiro atoms. The van der Waals surface area contributed by atoms with Crippen LogP contribution in [0, 0.1) is 28.6 Å². The summed E-state index contributed by atoms with van der Waals surface area (Å²) in [6.07, 6.45) is 0. The molecule has 0 aromatic heterocycles. The Labute approximate surface area is 377 Å². The number of carbonyl (C=O) groups excluding carboxylic acids is 3. The van der Waals surface area contributed by atoms with Gasteiger partial charge in [-0.05, 0) is 229 Å². The van der Waals surface area contributed by atoms with Crippen molar-refractivity contribution in [2.75, 3.05) is 7.11 Å².